The summed E-state index contributed by atoms with van der Waals surface area (Å²) in [5, 5.41) is 2.23. The number of hydrogen-bond acceptors (Lipinski definition) is 5. The molecule has 0 radical (unpaired) electrons. The van der Waals surface area contributed by atoms with Crippen LogP contribution >= 0.6 is 0 Å². The maximum absolute atomic E-state index is 6.62. The molecule has 306 valence electrons. The smallest absolute Gasteiger partial charge is 0.135 e. The monoisotopic (exact) mass is 967 g/mol. The van der Waals surface area contributed by atoms with E-state index in [2.05, 4.69) is 193 Å². The van der Waals surface area contributed by atoms with Crippen molar-refractivity contribution in [3.63, 3.8) is 0 Å². The van der Waals surface area contributed by atoms with Crippen LogP contribution in [0.15, 0.2) is 134 Å². The molecule has 0 unspecified atom stereocenters. The van der Waals surface area contributed by atoms with Gasteiger partial charge in [-0.25, -0.2) is 9.97 Å². The van der Waals surface area contributed by atoms with Crippen LogP contribution in [-0.4, -0.2) is 14.5 Å². The molecule has 0 amide bonds. The molecule has 9 rings (SSSR count). The summed E-state index contributed by atoms with van der Waals surface area (Å²) in [6.07, 6.45) is 3.77. The average molecular weight is 968 g/mol. The molecule has 1 aliphatic heterocycles. The Labute approximate surface area is 369 Å². The van der Waals surface area contributed by atoms with Crippen LogP contribution in [0, 0.1) is 18.8 Å². The molecule has 6 nitrogen and oxygen atoms in total. The van der Waals surface area contributed by atoms with Crippen LogP contribution < -0.4 is 14.5 Å². The van der Waals surface area contributed by atoms with Crippen LogP contribution in [0.3, 0.4) is 0 Å². The van der Waals surface area contributed by atoms with E-state index in [1.807, 2.05) is 36.7 Å². The molecular formula is C53H50N5OPt-3. The van der Waals surface area contributed by atoms with E-state index in [0.29, 0.717) is 11.5 Å². The summed E-state index contributed by atoms with van der Waals surface area (Å²) < 4.78 is 8.81. The maximum atomic E-state index is 6.62. The topological polar surface area (TPSA) is 46.4 Å². The molecule has 0 saturated carbocycles. The minimum Gasteiger partial charge on any atom is -0.509 e. The fourth-order valence-corrected chi connectivity index (χ4v) is 8.12. The van der Waals surface area contributed by atoms with Crippen molar-refractivity contribution in [3.05, 3.63) is 169 Å². The molecule has 5 aromatic carbocycles. The van der Waals surface area contributed by atoms with Crippen LogP contribution in [0.25, 0.3) is 38.8 Å². The van der Waals surface area contributed by atoms with Gasteiger partial charge in [-0.15, -0.1) is 48.1 Å². The van der Waals surface area contributed by atoms with Gasteiger partial charge in [-0.1, -0.05) is 116 Å². The summed E-state index contributed by atoms with van der Waals surface area (Å²) in [5.41, 5.74) is 10.7. The van der Waals surface area contributed by atoms with Crippen molar-refractivity contribution >= 4 is 44.7 Å². The fourth-order valence-electron chi connectivity index (χ4n) is 8.12. The minimum absolute atomic E-state index is 0. The number of para-hydroxylation sites is 1. The Kier molecular flexibility index (Phi) is 10.5. The SMILES string of the molecule is CC(C)(C)c1ccnc(-n2c3[c-]c(Oc4[c-]c(N5[CH-]N(c6c(C(C)(C)C)cc(-c7ccccc7)cc6C(C)(C)C)c6ncccc65)ccc4)ccc3c3ccccc32)c1.[Pt]. The number of rotatable bonds is 6. The third-order valence-corrected chi connectivity index (χ3v) is 11.2. The molecule has 7 heteroatoms. The van der Waals surface area contributed by atoms with E-state index in [1.54, 1.807) is 0 Å². The van der Waals surface area contributed by atoms with Gasteiger partial charge in [0.25, 0.3) is 0 Å². The Morgan fingerprint density at radius 1 is 0.567 bits per heavy atom. The number of hydrogen-bond donors (Lipinski definition) is 0. The predicted molar refractivity (Wildman–Crippen MR) is 244 cm³/mol. The standard InChI is InChI=1S/C53H50N5O.Pt/c1-51(2,3)37-26-28-54-48(31-37)58-45-22-14-13-21-41(45)42-25-24-40(33-47(42)58)59-39-20-15-19-38(32-39)56-34-57(50-46(56)23-16-27-55-50)49-43(52(4,5)6)29-36(30-44(49)53(7,8)9)35-17-11-10-12-18-35;/h10-31,34H,1-9H3;/q-3;. The molecular weight excluding hydrogens is 918 g/mol. The largest absolute Gasteiger partial charge is 0.509 e. The van der Waals surface area contributed by atoms with Crippen LogP contribution in [0.5, 0.6) is 11.5 Å². The number of anilines is 4. The minimum atomic E-state index is -0.162. The molecule has 0 bridgehead atoms. The van der Waals surface area contributed by atoms with Gasteiger partial charge in [-0.05, 0) is 91.9 Å². The molecule has 4 heterocycles. The first kappa shape index (κ1) is 41.0. The van der Waals surface area contributed by atoms with Crippen LogP contribution in [0.2, 0.25) is 0 Å². The molecule has 60 heavy (non-hydrogen) atoms. The first-order valence-electron chi connectivity index (χ1n) is 20.4. The van der Waals surface area contributed by atoms with Gasteiger partial charge in [0, 0.05) is 56.2 Å². The van der Waals surface area contributed by atoms with Crippen molar-refractivity contribution in [3.8, 4) is 28.4 Å². The van der Waals surface area contributed by atoms with E-state index in [1.165, 1.54) is 27.8 Å². The third-order valence-electron chi connectivity index (χ3n) is 11.2. The molecule has 3 aromatic heterocycles. The molecule has 8 aromatic rings. The molecule has 0 spiro atoms. The van der Waals surface area contributed by atoms with Crippen LogP contribution in [0.4, 0.5) is 22.9 Å². The third kappa shape index (κ3) is 7.51. The fraction of sp³-hybridized carbons (Fsp3) is 0.226. The van der Waals surface area contributed by atoms with Crippen LogP contribution in [-0.2, 0) is 37.3 Å². The van der Waals surface area contributed by atoms with Crippen molar-refractivity contribution in [1.82, 2.24) is 14.5 Å². The zero-order valence-corrected chi connectivity index (χ0v) is 38.0. The first-order chi connectivity index (χ1) is 28.1. The number of nitrogens with zero attached hydrogens (tertiary/aromatic N) is 5. The summed E-state index contributed by atoms with van der Waals surface area (Å²) in [7, 11) is 0. The van der Waals surface area contributed by atoms with E-state index >= 15 is 0 Å². The molecule has 0 fully saturated rings. The van der Waals surface area contributed by atoms with E-state index in [9.17, 15) is 0 Å². The van der Waals surface area contributed by atoms with Crippen LogP contribution in [0.1, 0.15) is 79.0 Å². The second-order valence-electron chi connectivity index (χ2n) is 18.6. The molecule has 0 saturated heterocycles. The van der Waals surface area contributed by atoms with Gasteiger partial charge in [0.1, 0.15) is 11.6 Å². The zero-order valence-electron chi connectivity index (χ0n) is 35.7. The van der Waals surface area contributed by atoms with Gasteiger partial charge in [0.05, 0.1) is 5.69 Å². The summed E-state index contributed by atoms with van der Waals surface area (Å²) in [4.78, 5) is 14.3. The Morgan fingerprint density at radius 3 is 1.98 bits per heavy atom. The number of ether oxygens (including phenoxy) is 1. The van der Waals surface area contributed by atoms with Crippen molar-refractivity contribution < 1.29 is 25.8 Å². The Morgan fingerprint density at radius 2 is 1.27 bits per heavy atom. The van der Waals surface area contributed by atoms with E-state index in [4.69, 9.17) is 14.7 Å². The second-order valence-corrected chi connectivity index (χ2v) is 18.6. The quantitative estimate of drug-likeness (QED) is 0.155. The Bertz CT molecular complexity index is 2820. The summed E-state index contributed by atoms with van der Waals surface area (Å²) in [5.74, 6) is 2.90. The van der Waals surface area contributed by atoms with Gasteiger partial charge in [0.15, 0.2) is 0 Å². The van der Waals surface area contributed by atoms with E-state index in [0.717, 1.165) is 50.5 Å². The Balaban J connectivity index is 0.00000499. The first-order valence-corrected chi connectivity index (χ1v) is 20.4. The van der Waals surface area contributed by atoms with Gasteiger partial charge in [-0.2, -0.15) is 12.1 Å². The van der Waals surface area contributed by atoms with Gasteiger partial charge < -0.3 is 19.1 Å². The predicted octanol–water partition coefficient (Wildman–Crippen LogP) is 13.9. The molecule has 0 N–H and O–H groups in total. The molecule has 0 atom stereocenters. The average Bonchev–Trinajstić information content (AvgIpc) is 3.76. The number of benzene rings is 5. The summed E-state index contributed by atoms with van der Waals surface area (Å²) in [6.45, 7) is 22.6. The maximum Gasteiger partial charge on any atom is 0.135 e. The van der Waals surface area contributed by atoms with Crippen molar-refractivity contribution in [2.45, 2.75) is 78.6 Å². The summed E-state index contributed by atoms with van der Waals surface area (Å²) >= 11 is 0. The number of fused-ring (bicyclic) bond motifs is 4. The van der Waals surface area contributed by atoms with Gasteiger partial charge >= 0.3 is 0 Å². The van der Waals surface area contributed by atoms with E-state index in [-0.39, 0.29) is 37.3 Å². The van der Waals surface area contributed by atoms with Crippen molar-refractivity contribution in [2.75, 3.05) is 9.80 Å². The Hall–Kier alpha value is -5.71. The zero-order chi connectivity index (χ0) is 41.3. The van der Waals surface area contributed by atoms with E-state index < -0.39 is 0 Å². The van der Waals surface area contributed by atoms with Gasteiger partial charge in [0.2, 0.25) is 0 Å². The molecule has 0 aliphatic carbocycles. The second kappa shape index (κ2) is 15.4. The van der Waals surface area contributed by atoms with Crippen molar-refractivity contribution in [2.24, 2.45) is 0 Å². The number of aromatic nitrogens is 3. The normalized spacial score (nSPS) is 13.2. The van der Waals surface area contributed by atoms with Crippen molar-refractivity contribution in [1.29, 1.82) is 0 Å². The summed E-state index contributed by atoms with van der Waals surface area (Å²) in [6, 6.07) is 49.6. The molecule has 1 aliphatic rings. The van der Waals surface area contributed by atoms with Gasteiger partial charge in [-0.3, -0.25) is 0 Å². The number of pyridine rings is 2.